The fraction of sp³-hybridized carbons (Fsp3) is 0.786. The van der Waals surface area contributed by atoms with E-state index >= 15 is 0 Å². The topological polar surface area (TPSA) is 33.1 Å². The van der Waals surface area contributed by atoms with Crippen LogP contribution in [0.1, 0.15) is 38.4 Å². The molecule has 0 aromatic carbocycles. The van der Waals surface area contributed by atoms with Crippen molar-refractivity contribution in [2.75, 3.05) is 6.54 Å². The van der Waals surface area contributed by atoms with Crippen molar-refractivity contribution < 1.29 is 0 Å². The lowest BCUT2D eigenvalue weighted by molar-refractivity contribution is 0.136. The SMILES string of the molecule is CCN(Cc1ncc(Cl)n1C)C1CC2CCC(C1)N2. The largest absolute Gasteiger partial charge is 0.321 e. The average Bonchev–Trinajstić information content (AvgIpc) is 2.91. The monoisotopic (exact) mass is 282 g/mol. The molecular weight excluding hydrogens is 260 g/mol. The Morgan fingerprint density at radius 2 is 2.11 bits per heavy atom. The third-order valence-corrected chi connectivity index (χ3v) is 5.09. The first-order valence-electron chi connectivity index (χ1n) is 7.33. The zero-order valence-corrected chi connectivity index (χ0v) is 12.5. The summed E-state index contributed by atoms with van der Waals surface area (Å²) in [7, 11) is 1.99. The number of imidazole rings is 1. The molecule has 0 amide bonds. The first-order chi connectivity index (χ1) is 9.17. The minimum atomic E-state index is 0.694. The van der Waals surface area contributed by atoms with Gasteiger partial charge in [-0.2, -0.15) is 0 Å². The Balaban J connectivity index is 1.69. The van der Waals surface area contributed by atoms with E-state index in [1.165, 1.54) is 25.7 Å². The second-order valence-corrected chi connectivity index (χ2v) is 6.27. The van der Waals surface area contributed by atoms with Gasteiger partial charge in [0.25, 0.3) is 0 Å². The van der Waals surface area contributed by atoms with Crippen LogP contribution in [0.5, 0.6) is 0 Å². The number of nitrogens with zero attached hydrogens (tertiary/aromatic N) is 3. The Bertz CT molecular complexity index is 433. The van der Waals surface area contributed by atoms with Gasteiger partial charge in [0.05, 0.1) is 12.7 Å². The molecule has 2 aliphatic heterocycles. The van der Waals surface area contributed by atoms with Crippen LogP contribution >= 0.6 is 11.6 Å². The van der Waals surface area contributed by atoms with Gasteiger partial charge < -0.3 is 9.88 Å². The van der Waals surface area contributed by atoms with Crippen molar-refractivity contribution in [2.24, 2.45) is 7.05 Å². The van der Waals surface area contributed by atoms with E-state index in [-0.39, 0.29) is 0 Å². The molecule has 2 bridgehead atoms. The second kappa shape index (κ2) is 5.43. The summed E-state index contributed by atoms with van der Waals surface area (Å²) in [6.45, 7) is 4.23. The Hall–Kier alpha value is -0.580. The molecule has 19 heavy (non-hydrogen) atoms. The maximum atomic E-state index is 6.07. The first kappa shape index (κ1) is 13.4. The van der Waals surface area contributed by atoms with E-state index < -0.39 is 0 Å². The first-order valence-corrected chi connectivity index (χ1v) is 7.71. The van der Waals surface area contributed by atoms with Crippen LogP contribution in [0.4, 0.5) is 0 Å². The Kier molecular flexibility index (Phi) is 3.83. The quantitative estimate of drug-likeness (QED) is 0.919. The van der Waals surface area contributed by atoms with E-state index in [0.29, 0.717) is 6.04 Å². The summed E-state index contributed by atoms with van der Waals surface area (Å²) in [6, 6.07) is 2.17. The predicted molar refractivity (Wildman–Crippen MR) is 77.3 cm³/mol. The standard InChI is InChI=1S/C14H23ClN4/c1-3-19(9-14-16-8-13(15)18(14)2)12-6-10-4-5-11(7-12)17-10/h8,10-12,17H,3-7,9H2,1-2H3. The van der Waals surface area contributed by atoms with Gasteiger partial charge in [0, 0.05) is 25.2 Å². The van der Waals surface area contributed by atoms with Gasteiger partial charge in [-0.15, -0.1) is 0 Å². The molecule has 1 aromatic heterocycles. The van der Waals surface area contributed by atoms with Crippen LogP contribution in [-0.4, -0.2) is 39.1 Å². The maximum absolute atomic E-state index is 6.07. The minimum Gasteiger partial charge on any atom is -0.321 e. The zero-order valence-electron chi connectivity index (χ0n) is 11.8. The average molecular weight is 283 g/mol. The summed E-state index contributed by atoms with van der Waals surface area (Å²) in [5.41, 5.74) is 0. The maximum Gasteiger partial charge on any atom is 0.128 e. The lowest BCUT2D eigenvalue weighted by Crippen LogP contribution is -2.48. The van der Waals surface area contributed by atoms with Crippen molar-refractivity contribution in [2.45, 2.75) is 57.3 Å². The summed E-state index contributed by atoms with van der Waals surface area (Å²) >= 11 is 6.07. The number of fused-ring (bicyclic) bond motifs is 2. The molecule has 0 radical (unpaired) electrons. The van der Waals surface area contributed by atoms with Crippen LogP contribution in [0.2, 0.25) is 5.15 Å². The number of hydrogen-bond donors (Lipinski definition) is 1. The number of hydrogen-bond acceptors (Lipinski definition) is 3. The van der Waals surface area contributed by atoms with Crippen LogP contribution in [0, 0.1) is 0 Å². The van der Waals surface area contributed by atoms with Gasteiger partial charge in [0.1, 0.15) is 11.0 Å². The molecule has 2 aliphatic rings. The van der Waals surface area contributed by atoms with E-state index in [1.807, 2.05) is 11.6 Å². The van der Waals surface area contributed by atoms with Gasteiger partial charge in [-0.1, -0.05) is 18.5 Å². The molecule has 0 saturated carbocycles. The molecule has 4 nitrogen and oxygen atoms in total. The smallest absolute Gasteiger partial charge is 0.128 e. The Morgan fingerprint density at radius 3 is 2.63 bits per heavy atom. The highest BCUT2D eigenvalue weighted by molar-refractivity contribution is 6.29. The highest BCUT2D eigenvalue weighted by atomic mass is 35.5. The molecule has 5 heteroatoms. The minimum absolute atomic E-state index is 0.694. The van der Waals surface area contributed by atoms with E-state index in [1.54, 1.807) is 6.20 Å². The van der Waals surface area contributed by atoms with Crippen LogP contribution in [0.3, 0.4) is 0 Å². The van der Waals surface area contributed by atoms with Crippen molar-refractivity contribution in [1.82, 2.24) is 19.8 Å². The molecule has 0 aliphatic carbocycles. The Morgan fingerprint density at radius 1 is 1.42 bits per heavy atom. The molecule has 2 unspecified atom stereocenters. The number of aromatic nitrogens is 2. The van der Waals surface area contributed by atoms with E-state index in [9.17, 15) is 0 Å². The van der Waals surface area contributed by atoms with E-state index in [2.05, 4.69) is 22.1 Å². The van der Waals surface area contributed by atoms with E-state index in [4.69, 9.17) is 11.6 Å². The molecule has 3 heterocycles. The van der Waals surface area contributed by atoms with Crippen molar-refractivity contribution in [1.29, 1.82) is 0 Å². The van der Waals surface area contributed by atoms with Crippen molar-refractivity contribution in [3.05, 3.63) is 17.2 Å². The van der Waals surface area contributed by atoms with Gasteiger partial charge in [-0.3, -0.25) is 4.90 Å². The summed E-state index contributed by atoms with van der Waals surface area (Å²) in [6.07, 6.45) is 7.02. The van der Waals surface area contributed by atoms with Crippen molar-refractivity contribution in [3.63, 3.8) is 0 Å². The molecule has 106 valence electrons. The van der Waals surface area contributed by atoms with Crippen LogP contribution in [0.15, 0.2) is 6.20 Å². The Labute approximate surface area is 120 Å². The third-order valence-electron chi connectivity index (χ3n) is 4.74. The fourth-order valence-electron chi connectivity index (χ4n) is 3.58. The normalized spacial score (nSPS) is 30.2. The lowest BCUT2D eigenvalue weighted by Gasteiger charge is -2.37. The fourth-order valence-corrected chi connectivity index (χ4v) is 3.72. The lowest BCUT2D eigenvalue weighted by atomic mass is 9.98. The molecule has 2 saturated heterocycles. The molecule has 1 aromatic rings. The van der Waals surface area contributed by atoms with Crippen LogP contribution in [-0.2, 0) is 13.6 Å². The molecule has 3 rings (SSSR count). The second-order valence-electron chi connectivity index (χ2n) is 5.88. The molecule has 1 N–H and O–H groups in total. The number of nitrogens with one attached hydrogen (secondary N) is 1. The molecular formula is C14H23ClN4. The molecule has 2 fully saturated rings. The van der Waals surface area contributed by atoms with Gasteiger partial charge in [0.15, 0.2) is 0 Å². The highest BCUT2D eigenvalue weighted by Crippen LogP contribution is 2.30. The van der Waals surface area contributed by atoms with Crippen LogP contribution in [0.25, 0.3) is 0 Å². The predicted octanol–water partition coefficient (Wildman–Crippen LogP) is 2.18. The third kappa shape index (κ3) is 2.67. The van der Waals surface area contributed by atoms with Gasteiger partial charge in [0.2, 0.25) is 0 Å². The van der Waals surface area contributed by atoms with E-state index in [0.717, 1.165) is 36.2 Å². The number of halogens is 1. The zero-order chi connectivity index (χ0) is 13.4. The summed E-state index contributed by atoms with van der Waals surface area (Å²) in [5.74, 6) is 1.07. The highest BCUT2D eigenvalue weighted by Gasteiger charge is 2.35. The molecule has 2 atom stereocenters. The van der Waals surface area contributed by atoms with Crippen LogP contribution < -0.4 is 5.32 Å². The van der Waals surface area contributed by atoms with Gasteiger partial charge in [-0.25, -0.2) is 4.98 Å². The van der Waals surface area contributed by atoms with Gasteiger partial charge in [-0.05, 0) is 32.2 Å². The van der Waals surface area contributed by atoms with Gasteiger partial charge >= 0.3 is 0 Å². The summed E-state index contributed by atoms with van der Waals surface area (Å²) in [4.78, 5) is 6.99. The number of rotatable bonds is 4. The number of piperidine rings is 1. The van der Waals surface area contributed by atoms with Crippen molar-refractivity contribution in [3.8, 4) is 0 Å². The summed E-state index contributed by atoms with van der Waals surface area (Å²) in [5, 5.41) is 4.43. The molecule has 0 spiro atoms. The van der Waals surface area contributed by atoms with Crippen molar-refractivity contribution >= 4 is 11.6 Å². The summed E-state index contributed by atoms with van der Waals surface area (Å²) < 4.78 is 1.99.